The smallest absolute Gasteiger partial charge is 0.257 e. The van der Waals surface area contributed by atoms with Gasteiger partial charge in [-0.2, -0.15) is 0 Å². The molecular weight excluding hydrogens is 561 g/mol. The molecule has 1 saturated heterocycles. The molecule has 5 heterocycles. The van der Waals surface area contributed by atoms with E-state index in [2.05, 4.69) is 14.9 Å². The summed E-state index contributed by atoms with van der Waals surface area (Å²) >= 11 is 0. The van der Waals surface area contributed by atoms with E-state index in [4.69, 9.17) is 20.4 Å². The van der Waals surface area contributed by atoms with Crippen LogP contribution in [0.15, 0.2) is 65.8 Å². The Labute approximate surface area is 253 Å². The van der Waals surface area contributed by atoms with Gasteiger partial charge in [0, 0.05) is 60.2 Å². The normalized spacial score (nSPS) is 16.3. The van der Waals surface area contributed by atoms with Gasteiger partial charge in [0.25, 0.3) is 5.91 Å². The molecular formula is C33H30FN7O3. The number of fused-ring (bicyclic) bond motifs is 2. The van der Waals surface area contributed by atoms with Crippen LogP contribution in [0.1, 0.15) is 43.1 Å². The fourth-order valence-corrected chi connectivity index (χ4v) is 5.96. The first-order valence-corrected chi connectivity index (χ1v) is 14.6. The Morgan fingerprint density at radius 2 is 1.82 bits per heavy atom. The van der Waals surface area contributed by atoms with Gasteiger partial charge >= 0.3 is 0 Å². The quantitative estimate of drug-likeness (QED) is 0.374. The molecule has 2 N–H and O–H groups in total. The number of amides is 1. The number of carbonyl (C=O) groups excluding carboxylic acids is 2. The Morgan fingerprint density at radius 1 is 1.00 bits per heavy atom. The molecule has 2 aromatic heterocycles. The van der Waals surface area contributed by atoms with E-state index in [9.17, 15) is 9.59 Å². The topological polar surface area (TPSA) is 127 Å². The molecule has 0 bridgehead atoms. The van der Waals surface area contributed by atoms with Gasteiger partial charge in [-0.15, -0.1) is 0 Å². The molecule has 0 atom stereocenters. The highest BCUT2D eigenvalue weighted by Crippen LogP contribution is 2.31. The van der Waals surface area contributed by atoms with E-state index in [1.807, 2.05) is 24.3 Å². The lowest BCUT2D eigenvalue weighted by molar-refractivity contribution is 0.0726. The summed E-state index contributed by atoms with van der Waals surface area (Å²) in [5.74, 6) is 0.703. The van der Waals surface area contributed by atoms with Crippen molar-refractivity contribution in [2.24, 2.45) is 4.99 Å². The molecule has 0 radical (unpaired) electrons. The number of hydrogen-bond acceptors (Lipinski definition) is 9. The van der Waals surface area contributed by atoms with Crippen molar-refractivity contribution in [1.29, 1.82) is 0 Å². The lowest BCUT2D eigenvalue weighted by Crippen LogP contribution is -2.41. The maximum atomic E-state index is 15.2. The number of ether oxygens (including phenoxy) is 1. The highest BCUT2D eigenvalue weighted by molar-refractivity contribution is 6.15. The Kier molecular flexibility index (Phi) is 7.31. The first-order chi connectivity index (χ1) is 21.4. The first-order valence-electron chi connectivity index (χ1n) is 14.6. The summed E-state index contributed by atoms with van der Waals surface area (Å²) in [6.45, 7) is 3.31. The SMILES string of the molecule is Nc1ccc(-c2nc3c(c(N4CCOCC4)n2)CCN(C(=O)c2cc(CC4=NCC(=O)c5ccccc54)ccc2F)C3)cn1. The average Bonchev–Trinajstić information content (AvgIpc) is 3.06. The Hall–Kier alpha value is -5.03. The van der Waals surface area contributed by atoms with Gasteiger partial charge < -0.3 is 20.3 Å². The molecule has 4 aromatic rings. The highest BCUT2D eigenvalue weighted by Gasteiger charge is 2.30. The maximum Gasteiger partial charge on any atom is 0.257 e. The predicted molar refractivity (Wildman–Crippen MR) is 163 cm³/mol. The average molecular weight is 592 g/mol. The lowest BCUT2D eigenvalue weighted by Gasteiger charge is -2.34. The molecule has 1 amide bonds. The minimum atomic E-state index is -0.587. The molecule has 1 fully saturated rings. The second kappa shape index (κ2) is 11.6. The third-order valence-electron chi connectivity index (χ3n) is 8.27. The Balaban J connectivity index is 1.18. The zero-order valence-electron chi connectivity index (χ0n) is 24.0. The number of aromatic nitrogens is 3. The number of carbonyl (C=O) groups is 2. The van der Waals surface area contributed by atoms with E-state index in [-0.39, 0.29) is 24.4 Å². The summed E-state index contributed by atoms with van der Waals surface area (Å²) in [6.07, 6.45) is 2.55. The summed E-state index contributed by atoms with van der Waals surface area (Å²) in [5.41, 5.74) is 11.1. The summed E-state index contributed by atoms with van der Waals surface area (Å²) in [4.78, 5) is 48.4. The van der Waals surface area contributed by atoms with Crippen molar-refractivity contribution in [3.63, 3.8) is 0 Å². The van der Waals surface area contributed by atoms with Gasteiger partial charge in [0.15, 0.2) is 11.6 Å². The van der Waals surface area contributed by atoms with Crippen LogP contribution in [0.4, 0.5) is 16.0 Å². The molecule has 222 valence electrons. The molecule has 0 aliphatic carbocycles. The number of Topliss-reactive ketones (excluding diaryl/α,β-unsaturated/α-hetero) is 1. The molecule has 0 unspecified atom stereocenters. The number of nitrogen functional groups attached to an aromatic ring is 1. The number of nitrogens with two attached hydrogens (primary N) is 1. The second-order valence-corrected chi connectivity index (χ2v) is 11.1. The van der Waals surface area contributed by atoms with Crippen LogP contribution in [0.5, 0.6) is 0 Å². The number of hydrogen-bond donors (Lipinski definition) is 1. The van der Waals surface area contributed by atoms with Crippen molar-refractivity contribution in [3.05, 3.63) is 100 Å². The van der Waals surface area contributed by atoms with Crippen LogP contribution in [0.25, 0.3) is 11.4 Å². The van der Waals surface area contributed by atoms with Crippen molar-refractivity contribution >= 4 is 29.0 Å². The highest BCUT2D eigenvalue weighted by atomic mass is 19.1. The van der Waals surface area contributed by atoms with Crippen LogP contribution in [-0.4, -0.2) is 76.6 Å². The summed E-state index contributed by atoms with van der Waals surface area (Å²) in [5, 5.41) is 0. The molecule has 10 nitrogen and oxygen atoms in total. The molecule has 11 heteroatoms. The number of benzene rings is 2. The van der Waals surface area contributed by atoms with E-state index in [0.717, 1.165) is 33.9 Å². The fourth-order valence-electron chi connectivity index (χ4n) is 5.96. The number of aliphatic imine (C=N–C) groups is 1. The third kappa shape index (κ3) is 5.30. The fraction of sp³-hybridized carbons (Fsp3) is 0.273. The number of halogens is 1. The van der Waals surface area contributed by atoms with Crippen molar-refractivity contribution in [2.75, 3.05) is 50.0 Å². The van der Waals surface area contributed by atoms with Gasteiger partial charge in [-0.3, -0.25) is 14.6 Å². The van der Waals surface area contributed by atoms with Crippen LogP contribution in [0, 0.1) is 5.82 Å². The van der Waals surface area contributed by atoms with Crippen molar-refractivity contribution in [2.45, 2.75) is 19.4 Å². The Morgan fingerprint density at radius 3 is 2.61 bits per heavy atom. The molecule has 3 aliphatic heterocycles. The van der Waals surface area contributed by atoms with Crippen molar-refractivity contribution in [1.82, 2.24) is 19.9 Å². The molecule has 3 aliphatic rings. The molecule has 0 saturated carbocycles. The number of nitrogens with zero attached hydrogens (tertiary/aromatic N) is 6. The van der Waals surface area contributed by atoms with E-state index >= 15 is 4.39 Å². The van der Waals surface area contributed by atoms with Crippen molar-refractivity contribution in [3.8, 4) is 11.4 Å². The van der Waals surface area contributed by atoms with E-state index in [1.165, 1.54) is 6.07 Å². The molecule has 0 spiro atoms. The predicted octanol–water partition coefficient (Wildman–Crippen LogP) is 3.52. The number of anilines is 2. The third-order valence-corrected chi connectivity index (χ3v) is 8.27. The zero-order chi connectivity index (χ0) is 30.2. The van der Waals surface area contributed by atoms with Crippen LogP contribution in [0.2, 0.25) is 0 Å². The van der Waals surface area contributed by atoms with Gasteiger partial charge in [-0.1, -0.05) is 30.3 Å². The van der Waals surface area contributed by atoms with Crippen LogP contribution >= 0.6 is 0 Å². The summed E-state index contributed by atoms with van der Waals surface area (Å²) in [7, 11) is 0. The largest absolute Gasteiger partial charge is 0.384 e. The number of morpholine rings is 1. The number of rotatable bonds is 5. The van der Waals surface area contributed by atoms with E-state index in [1.54, 1.807) is 35.4 Å². The molecule has 44 heavy (non-hydrogen) atoms. The second-order valence-electron chi connectivity index (χ2n) is 11.1. The van der Waals surface area contributed by atoms with Gasteiger partial charge in [0.2, 0.25) is 0 Å². The monoisotopic (exact) mass is 591 g/mol. The minimum Gasteiger partial charge on any atom is -0.384 e. The lowest BCUT2D eigenvalue weighted by atomic mass is 9.92. The van der Waals surface area contributed by atoms with Gasteiger partial charge in [0.1, 0.15) is 24.0 Å². The summed E-state index contributed by atoms with van der Waals surface area (Å²) < 4.78 is 20.7. The van der Waals surface area contributed by atoms with E-state index < -0.39 is 11.7 Å². The van der Waals surface area contributed by atoms with Gasteiger partial charge in [0.05, 0.1) is 31.0 Å². The Bertz CT molecular complexity index is 1800. The van der Waals surface area contributed by atoms with Crippen LogP contribution in [-0.2, 0) is 24.1 Å². The number of ketones is 1. The molecule has 2 aromatic carbocycles. The molecule has 7 rings (SSSR count). The minimum absolute atomic E-state index is 0.00265. The summed E-state index contributed by atoms with van der Waals surface area (Å²) in [6, 6.07) is 15.5. The van der Waals surface area contributed by atoms with E-state index in [0.29, 0.717) is 68.5 Å². The number of pyridine rings is 1. The zero-order valence-corrected chi connectivity index (χ0v) is 24.0. The van der Waals surface area contributed by atoms with Crippen LogP contribution < -0.4 is 10.6 Å². The van der Waals surface area contributed by atoms with Crippen LogP contribution in [0.3, 0.4) is 0 Å². The van der Waals surface area contributed by atoms with Crippen molar-refractivity contribution < 1.29 is 18.7 Å². The standard InChI is InChI=1S/C33H30FN7O3/c34-26-7-5-20(16-27-22-3-1-2-4-23(22)29(42)18-36-27)15-25(26)33(43)41-10-9-24-28(19-41)38-31(21-6-8-30(35)37-17-21)39-32(24)40-11-13-44-14-12-40/h1-8,15,17H,9-14,16,18-19H2,(H2,35,37). The van der Waals surface area contributed by atoms with Gasteiger partial charge in [-0.05, 0) is 36.2 Å². The first kappa shape index (κ1) is 27.8. The maximum absolute atomic E-state index is 15.2. The van der Waals surface area contributed by atoms with Gasteiger partial charge in [-0.25, -0.2) is 19.3 Å².